The number of aliphatic carboxylic acids is 1. The van der Waals surface area contributed by atoms with Gasteiger partial charge in [0.1, 0.15) is 0 Å². The molecule has 21 heavy (non-hydrogen) atoms. The predicted molar refractivity (Wildman–Crippen MR) is 73.3 cm³/mol. The zero-order valence-electron chi connectivity index (χ0n) is 11.2. The summed E-state index contributed by atoms with van der Waals surface area (Å²) in [4.78, 5) is 30.5. The van der Waals surface area contributed by atoms with Crippen LogP contribution in [-0.2, 0) is 9.53 Å². The highest BCUT2D eigenvalue weighted by molar-refractivity contribution is 5.89. The minimum atomic E-state index is -1.20. The molecule has 0 saturated carbocycles. The average molecular weight is 290 g/mol. The number of carbonyl (C=O) groups excluding carboxylic acids is 1. The van der Waals surface area contributed by atoms with Crippen LogP contribution in [0.3, 0.4) is 0 Å². The first kappa shape index (κ1) is 14.7. The van der Waals surface area contributed by atoms with Crippen LogP contribution in [0.2, 0.25) is 0 Å². The van der Waals surface area contributed by atoms with Crippen LogP contribution in [0.1, 0.15) is 0 Å². The molecule has 3 N–H and O–H groups in total. The van der Waals surface area contributed by atoms with Crippen molar-refractivity contribution in [2.24, 2.45) is 5.92 Å². The smallest absolute Gasteiger partial charge is 0.323 e. The molecule has 1 aliphatic rings. The van der Waals surface area contributed by atoms with Gasteiger partial charge in [-0.2, -0.15) is 0 Å². The first-order valence-electron chi connectivity index (χ1n) is 6.06. The molecule has 0 radical (unpaired) electrons. The topological polar surface area (TPSA) is 113 Å². The molecule has 0 saturated heterocycles. The van der Waals surface area contributed by atoms with Crippen molar-refractivity contribution in [2.45, 2.75) is 5.72 Å². The normalized spacial score (nSPS) is 23.6. The van der Waals surface area contributed by atoms with Crippen molar-refractivity contribution in [1.82, 2.24) is 15.3 Å². The second kappa shape index (κ2) is 6.14. The molecule has 0 spiro atoms. The van der Waals surface area contributed by atoms with Crippen LogP contribution in [0.25, 0.3) is 0 Å². The Morgan fingerprint density at radius 2 is 2.05 bits per heavy atom. The number of rotatable bonds is 4. The number of nitrogens with one attached hydrogen (secondary N) is 2. The largest absolute Gasteiger partial charge is 0.481 e. The molecule has 8 nitrogen and oxygen atoms in total. The molecule has 1 aromatic heterocycles. The van der Waals surface area contributed by atoms with Gasteiger partial charge in [-0.25, -0.2) is 9.78 Å². The van der Waals surface area contributed by atoms with E-state index in [0.29, 0.717) is 0 Å². The lowest BCUT2D eigenvalue weighted by atomic mass is 9.98. The Bertz CT molecular complexity index is 571. The number of ether oxygens (including phenoxy) is 1. The lowest BCUT2D eigenvalue weighted by Crippen LogP contribution is -2.49. The number of carboxylic acid groups (broad SMARTS) is 1. The second-order valence-corrected chi connectivity index (χ2v) is 4.25. The standard InChI is InChI=1S/C13H14N4O4/c1-21-13(4-2-9(3-5-13)11(18)19)17-12(20)16-10-8-14-6-7-15-10/h2-9H,1H3,(H,18,19)(H2,15,16,17,20). The highest BCUT2D eigenvalue weighted by Gasteiger charge is 2.30. The van der Waals surface area contributed by atoms with Gasteiger partial charge >= 0.3 is 12.0 Å². The summed E-state index contributed by atoms with van der Waals surface area (Å²) in [5.41, 5.74) is -1.20. The van der Waals surface area contributed by atoms with Crippen LogP contribution >= 0.6 is 0 Å². The van der Waals surface area contributed by atoms with Crippen LogP contribution in [0.4, 0.5) is 10.6 Å². The van der Waals surface area contributed by atoms with Gasteiger partial charge in [0.05, 0.1) is 12.1 Å². The third-order valence-corrected chi connectivity index (χ3v) is 2.84. The van der Waals surface area contributed by atoms with Crippen LogP contribution in [0.5, 0.6) is 0 Å². The van der Waals surface area contributed by atoms with E-state index in [1.165, 1.54) is 50.0 Å². The summed E-state index contributed by atoms with van der Waals surface area (Å²) in [6, 6.07) is -0.555. The van der Waals surface area contributed by atoms with Crippen LogP contribution in [0.15, 0.2) is 42.9 Å². The third-order valence-electron chi connectivity index (χ3n) is 2.84. The van der Waals surface area contributed by atoms with E-state index in [-0.39, 0.29) is 5.82 Å². The van der Waals surface area contributed by atoms with Gasteiger partial charge in [-0.15, -0.1) is 0 Å². The fraction of sp³-hybridized carbons (Fsp3) is 0.231. The van der Waals surface area contributed by atoms with Crippen LogP contribution < -0.4 is 10.6 Å². The van der Waals surface area contributed by atoms with Crippen molar-refractivity contribution in [2.75, 3.05) is 12.4 Å². The van der Waals surface area contributed by atoms with E-state index in [2.05, 4.69) is 20.6 Å². The molecule has 0 aliphatic heterocycles. The molecule has 0 fully saturated rings. The molecular formula is C13H14N4O4. The molecule has 8 heteroatoms. The number of nitrogens with zero attached hydrogens (tertiary/aromatic N) is 2. The van der Waals surface area contributed by atoms with Crippen molar-refractivity contribution in [3.8, 4) is 0 Å². The fourth-order valence-electron chi connectivity index (χ4n) is 1.74. The fourth-order valence-corrected chi connectivity index (χ4v) is 1.74. The van der Waals surface area contributed by atoms with E-state index < -0.39 is 23.6 Å². The summed E-state index contributed by atoms with van der Waals surface area (Å²) in [6.07, 6.45) is 10.1. The Labute approximate surface area is 120 Å². The number of anilines is 1. The number of carbonyl (C=O) groups is 2. The molecule has 110 valence electrons. The highest BCUT2D eigenvalue weighted by Crippen LogP contribution is 2.20. The minimum absolute atomic E-state index is 0.286. The quantitative estimate of drug-likeness (QED) is 0.557. The molecular weight excluding hydrogens is 276 g/mol. The molecule has 0 bridgehead atoms. The Morgan fingerprint density at radius 1 is 1.33 bits per heavy atom. The third kappa shape index (κ3) is 3.63. The highest BCUT2D eigenvalue weighted by atomic mass is 16.5. The summed E-state index contributed by atoms with van der Waals surface area (Å²) in [5.74, 6) is -1.43. The summed E-state index contributed by atoms with van der Waals surface area (Å²) in [7, 11) is 1.40. The van der Waals surface area contributed by atoms with Gasteiger partial charge in [-0.3, -0.25) is 15.1 Å². The number of carboxylic acids is 1. The lowest BCUT2D eigenvalue weighted by Gasteiger charge is -2.29. The lowest BCUT2D eigenvalue weighted by molar-refractivity contribution is -0.138. The van der Waals surface area contributed by atoms with Gasteiger partial charge in [0.2, 0.25) is 0 Å². The van der Waals surface area contributed by atoms with E-state index >= 15 is 0 Å². The number of aromatic nitrogens is 2. The zero-order chi connectivity index (χ0) is 15.3. The molecule has 2 amide bonds. The maximum absolute atomic E-state index is 11.9. The number of urea groups is 1. The van der Waals surface area contributed by atoms with E-state index in [1.54, 1.807) is 0 Å². The van der Waals surface area contributed by atoms with Gasteiger partial charge < -0.3 is 15.2 Å². The van der Waals surface area contributed by atoms with Crippen LogP contribution in [0, 0.1) is 5.92 Å². The van der Waals surface area contributed by atoms with E-state index in [4.69, 9.17) is 9.84 Å². The molecule has 1 aromatic rings. The van der Waals surface area contributed by atoms with Crippen molar-refractivity contribution in [1.29, 1.82) is 0 Å². The minimum Gasteiger partial charge on any atom is -0.481 e. The van der Waals surface area contributed by atoms with E-state index in [0.717, 1.165) is 0 Å². The van der Waals surface area contributed by atoms with Gasteiger partial charge in [0.15, 0.2) is 11.5 Å². The van der Waals surface area contributed by atoms with Crippen molar-refractivity contribution >= 4 is 17.8 Å². The van der Waals surface area contributed by atoms with Gasteiger partial charge in [0, 0.05) is 19.5 Å². The van der Waals surface area contributed by atoms with Gasteiger partial charge in [0.25, 0.3) is 0 Å². The summed E-state index contributed by atoms with van der Waals surface area (Å²) < 4.78 is 5.24. The number of hydrogen-bond donors (Lipinski definition) is 3. The molecule has 0 unspecified atom stereocenters. The molecule has 0 aromatic carbocycles. The molecule has 1 aliphatic carbocycles. The first-order valence-corrected chi connectivity index (χ1v) is 6.06. The average Bonchev–Trinajstić information content (AvgIpc) is 2.48. The zero-order valence-corrected chi connectivity index (χ0v) is 11.2. The Hall–Kier alpha value is -2.74. The molecule has 2 rings (SSSR count). The molecule has 0 atom stereocenters. The van der Waals surface area contributed by atoms with Gasteiger partial charge in [-0.1, -0.05) is 12.2 Å². The maximum atomic E-state index is 11.9. The van der Waals surface area contributed by atoms with E-state index in [9.17, 15) is 9.59 Å². The molecule has 1 heterocycles. The number of amides is 2. The summed E-state index contributed by atoms with van der Waals surface area (Å²) in [5, 5.41) is 14.0. The summed E-state index contributed by atoms with van der Waals surface area (Å²) in [6.45, 7) is 0. The Kier molecular flexibility index (Phi) is 4.29. The number of hydrogen-bond acceptors (Lipinski definition) is 5. The SMILES string of the molecule is COC1(NC(=O)Nc2cnccn2)C=CC(C(=O)O)C=C1. The summed E-state index contributed by atoms with van der Waals surface area (Å²) >= 11 is 0. The Balaban J connectivity index is 2.03. The second-order valence-electron chi connectivity index (χ2n) is 4.25. The van der Waals surface area contributed by atoms with Crippen molar-refractivity contribution in [3.63, 3.8) is 0 Å². The monoisotopic (exact) mass is 290 g/mol. The number of methoxy groups -OCH3 is 1. The Morgan fingerprint density at radius 3 is 2.57 bits per heavy atom. The maximum Gasteiger partial charge on any atom is 0.323 e. The van der Waals surface area contributed by atoms with Crippen molar-refractivity contribution < 1.29 is 19.4 Å². The van der Waals surface area contributed by atoms with Crippen LogP contribution in [-0.4, -0.2) is 39.9 Å². The predicted octanol–water partition coefficient (Wildman–Crippen LogP) is 0.768. The van der Waals surface area contributed by atoms with Crippen molar-refractivity contribution in [3.05, 3.63) is 42.9 Å². The van der Waals surface area contributed by atoms with Gasteiger partial charge in [-0.05, 0) is 12.2 Å². The first-order chi connectivity index (χ1) is 10.0. The van der Waals surface area contributed by atoms with E-state index in [1.807, 2.05) is 0 Å².